The second-order valence-electron chi connectivity index (χ2n) is 14.0. The molecule has 1 amide bonds. The standard InChI is InChI=1S/C24H41NO2.C18H36O3/c1-2-3-4-5-6-7-8-9-10-11-12-16-19-23(26)20-21-24(27)25-22-17-14-13-15-18-22;1-2-3-4-5-6-7-8-9-10-11-12-13-14-17(19)15-16-18(20)21/h13-15,17-18,23,26H,2-12,16,19-21H2,1H3,(H,25,27);17,19H,2-16H2,1H3,(H,20,21). The van der Waals surface area contributed by atoms with Crippen molar-refractivity contribution in [2.24, 2.45) is 0 Å². The summed E-state index contributed by atoms with van der Waals surface area (Å²) in [5.74, 6) is -0.835. The molecule has 0 aromatic heterocycles. The van der Waals surface area contributed by atoms with Gasteiger partial charge in [-0.05, 0) is 37.8 Å². The number of aliphatic carboxylic acids is 1. The van der Waals surface area contributed by atoms with Crippen LogP contribution in [-0.4, -0.2) is 39.4 Å². The summed E-state index contributed by atoms with van der Waals surface area (Å²) < 4.78 is 0. The van der Waals surface area contributed by atoms with E-state index in [1.54, 1.807) is 0 Å². The van der Waals surface area contributed by atoms with E-state index in [1.807, 2.05) is 30.3 Å². The Morgan fingerprint density at radius 3 is 1.19 bits per heavy atom. The highest BCUT2D eigenvalue weighted by Gasteiger charge is 2.09. The van der Waals surface area contributed by atoms with Crippen LogP contribution in [0.5, 0.6) is 0 Å². The first-order valence-corrected chi connectivity index (χ1v) is 20.3. The predicted molar refractivity (Wildman–Crippen MR) is 205 cm³/mol. The molecule has 2 atom stereocenters. The lowest BCUT2D eigenvalue weighted by Gasteiger charge is -2.10. The molecule has 0 aliphatic carbocycles. The number of anilines is 1. The second kappa shape index (κ2) is 36.4. The van der Waals surface area contributed by atoms with Crippen molar-refractivity contribution in [3.8, 4) is 0 Å². The van der Waals surface area contributed by atoms with E-state index in [0.717, 1.165) is 31.4 Å². The van der Waals surface area contributed by atoms with Gasteiger partial charge in [-0.3, -0.25) is 9.59 Å². The largest absolute Gasteiger partial charge is 0.481 e. The van der Waals surface area contributed by atoms with Gasteiger partial charge in [0.15, 0.2) is 0 Å². The Labute approximate surface area is 296 Å². The number of aliphatic hydroxyl groups is 2. The molecular formula is C42H77NO5. The minimum absolute atomic E-state index is 0.0186. The van der Waals surface area contributed by atoms with Gasteiger partial charge in [0.1, 0.15) is 0 Å². The monoisotopic (exact) mass is 676 g/mol. The molecule has 2 unspecified atom stereocenters. The van der Waals surface area contributed by atoms with Gasteiger partial charge in [0.05, 0.1) is 12.2 Å². The zero-order valence-corrected chi connectivity index (χ0v) is 31.4. The van der Waals surface area contributed by atoms with Crippen molar-refractivity contribution < 1.29 is 24.9 Å². The number of benzene rings is 1. The molecule has 0 saturated carbocycles. The van der Waals surface area contributed by atoms with Gasteiger partial charge < -0.3 is 20.6 Å². The molecule has 0 bridgehead atoms. The van der Waals surface area contributed by atoms with Crippen molar-refractivity contribution in [1.82, 2.24) is 0 Å². The van der Waals surface area contributed by atoms with E-state index in [2.05, 4.69) is 19.2 Å². The number of nitrogens with one attached hydrogen (secondary N) is 1. The number of carboxylic acid groups (broad SMARTS) is 1. The van der Waals surface area contributed by atoms with Crippen LogP contribution < -0.4 is 5.32 Å². The SMILES string of the molecule is CCCCCCCCCCCCCCC(O)CCC(=O)Nc1ccccc1.CCCCCCCCCCCCCCC(O)CCC(=O)O. The van der Waals surface area contributed by atoms with Gasteiger partial charge in [-0.1, -0.05) is 186 Å². The molecule has 48 heavy (non-hydrogen) atoms. The van der Waals surface area contributed by atoms with E-state index in [0.29, 0.717) is 19.3 Å². The molecule has 1 aromatic carbocycles. The molecule has 0 saturated heterocycles. The molecule has 4 N–H and O–H groups in total. The van der Waals surface area contributed by atoms with E-state index in [9.17, 15) is 19.8 Å². The number of carboxylic acids is 1. The lowest BCUT2D eigenvalue weighted by Crippen LogP contribution is -2.15. The highest BCUT2D eigenvalue weighted by atomic mass is 16.4. The van der Waals surface area contributed by atoms with Crippen LogP contribution in [0.3, 0.4) is 0 Å². The molecule has 0 heterocycles. The summed E-state index contributed by atoms with van der Waals surface area (Å²) >= 11 is 0. The first kappa shape index (κ1) is 46.1. The summed E-state index contributed by atoms with van der Waals surface area (Å²) in [6, 6.07) is 9.48. The summed E-state index contributed by atoms with van der Waals surface area (Å²) in [5, 5.41) is 31.0. The van der Waals surface area contributed by atoms with Gasteiger partial charge in [-0.2, -0.15) is 0 Å². The first-order chi connectivity index (χ1) is 23.4. The van der Waals surface area contributed by atoms with Crippen LogP contribution in [-0.2, 0) is 9.59 Å². The van der Waals surface area contributed by atoms with Crippen molar-refractivity contribution in [3.05, 3.63) is 30.3 Å². The quantitative estimate of drug-likeness (QED) is 0.0555. The van der Waals surface area contributed by atoms with Crippen LogP contribution in [0.4, 0.5) is 5.69 Å². The number of aliphatic hydroxyl groups excluding tert-OH is 2. The number of hydrogen-bond acceptors (Lipinski definition) is 4. The molecule has 6 heteroatoms. The van der Waals surface area contributed by atoms with Crippen molar-refractivity contribution in [1.29, 1.82) is 0 Å². The Kier molecular flexibility index (Phi) is 34.9. The fourth-order valence-electron chi connectivity index (χ4n) is 6.06. The first-order valence-electron chi connectivity index (χ1n) is 20.3. The van der Waals surface area contributed by atoms with Crippen molar-refractivity contribution >= 4 is 17.6 Å². The molecular weight excluding hydrogens is 598 g/mol. The van der Waals surface area contributed by atoms with Gasteiger partial charge in [0.2, 0.25) is 5.91 Å². The van der Waals surface area contributed by atoms with E-state index in [-0.39, 0.29) is 18.4 Å². The molecule has 6 nitrogen and oxygen atoms in total. The van der Waals surface area contributed by atoms with Crippen LogP contribution >= 0.6 is 0 Å². The van der Waals surface area contributed by atoms with Crippen molar-refractivity contribution in [2.45, 2.75) is 219 Å². The molecule has 280 valence electrons. The lowest BCUT2D eigenvalue weighted by atomic mass is 10.0. The maximum Gasteiger partial charge on any atom is 0.303 e. The Morgan fingerprint density at radius 1 is 0.500 bits per heavy atom. The zero-order chi connectivity index (χ0) is 35.3. The van der Waals surface area contributed by atoms with E-state index in [4.69, 9.17) is 5.11 Å². The highest BCUT2D eigenvalue weighted by molar-refractivity contribution is 5.90. The number of unbranched alkanes of at least 4 members (excludes halogenated alkanes) is 22. The normalized spacial score (nSPS) is 12.2. The molecule has 0 fully saturated rings. The number of rotatable bonds is 33. The third-order valence-corrected chi connectivity index (χ3v) is 9.24. The molecule has 1 aromatic rings. The minimum atomic E-state index is -0.816. The summed E-state index contributed by atoms with van der Waals surface area (Å²) in [6.45, 7) is 4.52. The number of hydrogen-bond donors (Lipinski definition) is 4. The summed E-state index contributed by atoms with van der Waals surface area (Å²) in [5.41, 5.74) is 0.818. The fourth-order valence-corrected chi connectivity index (χ4v) is 6.06. The lowest BCUT2D eigenvalue weighted by molar-refractivity contribution is -0.137. The summed E-state index contributed by atoms with van der Waals surface area (Å²) in [4.78, 5) is 22.2. The number of para-hydroxylation sites is 1. The smallest absolute Gasteiger partial charge is 0.303 e. The van der Waals surface area contributed by atoms with Crippen molar-refractivity contribution in [3.63, 3.8) is 0 Å². The van der Waals surface area contributed by atoms with Crippen molar-refractivity contribution in [2.75, 3.05) is 5.32 Å². The third-order valence-electron chi connectivity index (χ3n) is 9.24. The van der Waals surface area contributed by atoms with Gasteiger partial charge in [-0.25, -0.2) is 0 Å². The molecule has 0 spiro atoms. The summed E-state index contributed by atoms with van der Waals surface area (Å²) in [6.07, 6.45) is 33.9. The summed E-state index contributed by atoms with van der Waals surface area (Å²) in [7, 11) is 0. The topological polar surface area (TPSA) is 107 Å². The van der Waals surface area contributed by atoms with Crippen LogP contribution in [0.1, 0.15) is 206 Å². The Balaban J connectivity index is 0.000000952. The van der Waals surface area contributed by atoms with E-state index in [1.165, 1.54) is 141 Å². The van der Waals surface area contributed by atoms with Gasteiger partial charge in [0, 0.05) is 18.5 Å². The third kappa shape index (κ3) is 35.4. The molecule has 1 rings (SSSR count). The van der Waals surface area contributed by atoms with E-state index >= 15 is 0 Å². The molecule has 0 radical (unpaired) electrons. The van der Waals surface area contributed by atoms with Crippen LogP contribution in [0.15, 0.2) is 30.3 Å². The zero-order valence-electron chi connectivity index (χ0n) is 31.4. The predicted octanol–water partition coefficient (Wildman–Crippen LogP) is 12.2. The Morgan fingerprint density at radius 2 is 0.833 bits per heavy atom. The van der Waals surface area contributed by atoms with Crippen LogP contribution in [0.25, 0.3) is 0 Å². The fraction of sp³-hybridized carbons (Fsp3) is 0.810. The maximum absolute atomic E-state index is 11.9. The Bertz CT molecular complexity index is 818. The Hall–Kier alpha value is -1.92. The number of amides is 1. The van der Waals surface area contributed by atoms with Crippen LogP contribution in [0, 0.1) is 0 Å². The van der Waals surface area contributed by atoms with Crippen LogP contribution in [0.2, 0.25) is 0 Å². The molecule has 0 aliphatic heterocycles. The molecule has 0 aliphatic rings. The second-order valence-corrected chi connectivity index (χ2v) is 14.0. The number of carbonyl (C=O) groups is 2. The average Bonchev–Trinajstić information content (AvgIpc) is 3.08. The van der Waals surface area contributed by atoms with Gasteiger partial charge in [-0.15, -0.1) is 0 Å². The van der Waals surface area contributed by atoms with Gasteiger partial charge >= 0.3 is 5.97 Å². The highest BCUT2D eigenvalue weighted by Crippen LogP contribution is 2.16. The number of carbonyl (C=O) groups excluding carboxylic acids is 1. The van der Waals surface area contributed by atoms with E-state index < -0.39 is 12.1 Å². The van der Waals surface area contributed by atoms with Gasteiger partial charge in [0.25, 0.3) is 0 Å². The maximum atomic E-state index is 11.9. The average molecular weight is 676 g/mol. The minimum Gasteiger partial charge on any atom is -0.481 e.